The standard InChI is InChI=1S/C22H17F2N5O2/c1-28-18-10-11-29(22(30)14-4-8-16(24)9-5-14)12-17(18)19(26-28)21-25-20(27-31-21)13-2-6-15(23)7-3-13/h2-9H,10-12H2,1H3. The van der Waals surface area contributed by atoms with Crippen LogP contribution in [0, 0.1) is 11.6 Å². The average molecular weight is 421 g/mol. The molecule has 1 aliphatic heterocycles. The second kappa shape index (κ2) is 7.42. The minimum absolute atomic E-state index is 0.182. The van der Waals surface area contributed by atoms with E-state index in [2.05, 4.69) is 15.2 Å². The molecule has 31 heavy (non-hydrogen) atoms. The van der Waals surface area contributed by atoms with Crippen LogP contribution in [0.2, 0.25) is 0 Å². The summed E-state index contributed by atoms with van der Waals surface area (Å²) >= 11 is 0. The number of aromatic nitrogens is 4. The second-order valence-electron chi connectivity index (χ2n) is 7.31. The van der Waals surface area contributed by atoms with E-state index in [-0.39, 0.29) is 23.4 Å². The SMILES string of the molecule is Cn1nc(-c2nc(-c3ccc(F)cc3)no2)c2c1CCN(C(=O)c1ccc(F)cc1)C2. The van der Waals surface area contributed by atoms with Crippen LogP contribution in [0.3, 0.4) is 0 Å². The van der Waals surface area contributed by atoms with Crippen LogP contribution < -0.4 is 0 Å². The van der Waals surface area contributed by atoms with Gasteiger partial charge in [-0.05, 0) is 48.5 Å². The van der Waals surface area contributed by atoms with E-state index in [4.69, 9.17) is 4.52 Å². The van der Waals surface area contributed by atoms with Crippen molar-refractivity contribution in [1.82, 2.24) is 24.8 Å². The number of fused-ring (bicyclic) bond motifs is 1. The Morgan fingerprint density at radius 3 is 2.42 bits per heavy atom. The summed E-state index contributed by atoms with van der Waals surface area (Å²) in [5.41, 5.74) is 3.37. The van der Waals surface area contributed by atoms with Gasteiger partial charge >= 0.3 is 0 Å². The predicted octanol–water partition coefficient (Wildman–Crippen LogP) is 3.61. The molecule has 0 saturated heterocycles. The van der Waals surface area contributed by atoms with Gasteiger partial charge in [-0.3, -0.25) is 9.48 Å². The first-order valence-electron chi connectivity index (χ1n) is 9.69. The van der Waals surface area contributed by atoms with Crippen molar-refractivity contribution < 1.29 is 18.1 Å². The second-order valence-corrected chi connectivity index (χ2v) is 7.31. The van der Waals surface area contributed by atoms with Gasteiger partial charge in [0.15, 0.2) is 5.69 Å². The molecule has 0 spiro atoms. The molecule has 0 unspecified atom stereocenters. The van der Waals surface area contributed by atoms with E-state index in [1.54, 1.807) is 21.7 Å². The first-order valence-corrected chi connectivity index (χ1v) is 9.69. The average Bonchev–Trinajstić information content (AvgIpc) is 3.39. The molecule has 0 saturated carbocycles. The van der Waals surface area contributed by atoms with E-state index < -0.39 is 0 Å². The maximum Gasteiger partial charge on any atom is 0.279 e. The van der Waals surface area contributed by atoms with Crippen LogP contribution in [0.25, 0.3) is 23.0 Å². The number of carbonyl (C=O) groups excluding carboxylic acids is 1. The Kier molecular flexibility index (Phi) is 4.58. The topological polar surface area (TPSA) is 77.1 Å². The minimum Gasteiger partial charge on any atom is -0.334 e. The molecule has 0 bridgehead atoms. The summed E-state index contributed by atoms with van der Waals surface area (Å²) in [4.78, 5) is 19.0. The van der Waals surface area contributed by atoms with Crippen molar-refractivity contribution in [2.45, 2.75) is 13.0 Å². The van der Waals surface area contributed by atoms with E-state index in [1.807, 2.05) is 7.05 Å². The van der Waals surface area contributed by atoms with Gasteiger partial charge in [-0.2, -0.15) is 10.1 Å². The quantitative estimate of drug-likeness (QED) is 0.505. The number of hydrogen-bond donors (Lipinski definition) is 0. The Bertz CT molecular complexity index is 1260. The van der Waals surface area contributed by atoms with Crippen LogP contribution in [0.1, 0.15) is 21.6 Å². The number of amides is 1. The zero-order chi connectivity index (χ0) is 21.5. The maximum atomic E-state index is 13.2. The third-order valence-corrected chi connectivity index (χ3v) is 5.35. The molecule has 0 fully saturated rings. The molecule has 1 amide bonds. The molecule has 4 aromatic rings. The van der Waals surface area contributed by atoms with Crippen molar-refractivity contribution in [3.63, 3.8) is 0 Å². The van der Waals surface area contributed by atoms with Crippen LogP contribution in [-0.4, -0.2) is 37.3 Å². The van der Waals surface area contributed by atoms with Crippen molar-refractivity contribution in [2.75, 3.05) is 6.54 Å². The summed E-state index contributed by atoms with van der Waals surface area (Å²) < 4.78 is 33.6. The first-order chi connectivity index (χ1) is 15.0. The first kappa shape index (κ1) is 19.1. The Labute approximate surface area is 175 Å². The highest BCUT2D eigenvalue weighted by molar-refractivity contribution is 5.94. The lowest BCUT2D eigenvalue weighted by Gasteiger charge is -2.27. The molecule has 156 valence electrons. The molecule has 2 aromatic carbocycles. The molecule has 1 aliphatic rings. The Morgan fingerprint density at radius 2 is 1.71 bits per heavy atom. The lowest BCUT2D eigenvalue weighted by atomic mass is 10.0. The number of halogens is 2. The molecule has 0 atom stereocenters. The number of rotatable bonds is 3. The van der Waals surface area contributed by atoms with Gasteiger partial charge in [0.05, 0.1) is 6.54 Å². The van der Waals surface area contributed by atoms with Gasteiger partial charge in [0.25, 0.3) is 11.8 Å². The molecule has 0 aliphatic carbocycles. The number of nitrogens with zero attached hydrogens (tertiary/aromatic N) is 5. The highest BCUT2D eigenvalue weighted by Gasteiger charge is 2.30. The van der Waals surface area contributed by atoms with Crippen LogP contribution in [-0.2, 0) is 20.0 Å². The van der Waals surface area contributed by atoms with Gasteiger partial charge in [0.2, 0.25) is 5.82 Å². The lowest BCUT2D eigenvalue weighted by molar-refractivity contribution is 0.0733. The molecule has 0 N–H and O–H groups in total. The predicted molar refractivity (Wildman–Crippen MR) is 107 cm³/mol. The third-order valence-electron chi connectivity index (χ3n) is 5.35. The van der Waals surface area contributed by atoms with Gasteiger partial charge in [-0.1, -0.05) is 5.16 Å². The summed E-state index contributed by atoms with van der Waals surface area (Å²) in [6.45, 7) is 0.843. The summed E-state index contributed by atoms with van der Waals surface area (Å²) in [6, 6.07) is 11.3. The van der Waals surface area contributed by atoms with Gasteiger partial charge < -0.3 is 9.42 Å². The van der Waals surface area contributed by atoms with Crippen molar-refractivity contribution in [2.24, 2.45) is 7.05 Å². The van der Waals surface area contributed by atoms with Gasteiger partial charge in [-0.15, -0.1) is 0 Å². The Hall–Kier alpha value is -3.88. The molecule has 2 aromatic heterocycles. The molecule has 0 radical (unpaired) electrons. The van der Waals surface area contributed by atoms with Crippen molar-refractivity contribution in [3.8, 4) is 23.0 Å². The lowest BCUT2D eigenvalue weighted by Crippen LogP contribution is -2.36. The number of hydrogen-bond acceptors (Lipinski definition) is 5. The van der Waals surface area contributed by atoms with E-state index >= 15 is 0 Å². The van der Waals surface area contributed by atoms with E-state index in [0.717, 1.165) is 11.3 Å². The number of carbonyl (C=O) groups is 1. The van der Waals surface area contributed by atoms with E-state index in [1.165, 1.54) is 36.4 Å². The Balaban J connectivity index is 1.45. The molecular formula is C22H17F2N5O2. The summed E-state index contributed by atoms with van der Waals surface area (Å²) in [7, 11) is 1.83. The van der Waals surface area contributed by atoms with Gasteiger partial charge in [0.1, 0.15) is 11.6 Å². The molecule has 3 heterocycles. The molecule has 5 rings (SSSR count). The fraction of sp³-hybridized carbons (Fsp3) is 0.182. The smallest absolute Gasteiger partial charge is 0.279 e. The zero-order valence-electron chi connectivity index (χ0n) is 16.5. The fourth-order valence-electron chi connectivity index (χ4n) is 3.75. The summed E-state index contributed by atoms with van der Waals surface area (Å²) in [5, 5.41) is 8.52. The molecular weight excluding hydrogens is 404 g/mol. The fourth-order valence-corrected chi connectivity index (χ4v) is 3.75. The van der Waals surface area contributed by atoms with E-state index in [0.29, 0.717) is 42.2 Å². The van der Waals surface area contributed by atoms with Crippen LogP contribution in [0.5, 0.6) is 0 Å². The molecule has 9 heteroatoms. The molecule has 7 nitrogen and oxygen atoms in total. The van der Waals surface area contributed by atoms with Crippen LogP contribution in [0.15, 0.2) is 53.1 Å². The largest absolute Gasteiger partial charge is 0.334 e. The zero-order valence-corrected chi connectivity index (χ0v) is 16.5. The highest BCUT2D eigenvalue weighted by atomic mass is 19.1. The minimum atomic E-state index is -0.389. The van der Waals surface area contributed by atoms with Crippen molar-refractivity contribution in [3.05, 3.63) is 77.0 Å². The normalized spacial score (nSPS) is 13.3. The number of aryl methyl sites for hydroxylation is 1. The third kappa shape index (κ3) is 3.48. The van der Waals surface area contributed by atoms with Crippen LogP contribution >= 0.6 is 0 Å². The van der Waals surface area contributed by atoms with Gasteiger partial charge in [0, 0.05) is 42.4 Å². The summed E-state index contributed by atoms with van der Waals surface area (Å²) in [5.74, 6) is -0.368. The Morgan fingerprint density at radius 1 is 1.03 bits per heavy atom. The number of benzene rings is 2. The van der Waals surface area contributed by atoms with Crippen molar-refractivity contribution in [1.29, 1.82) is 0 Å². The van der Waals surface area contributed by atoms with Crippen molar-refractivity contribution >= 4 is 5.91 Å². The van der Waals surface area contributed by atoms with Crippen LogP contribution in [0.4, 0.5) is 8.78 Å². The summed E-state index contributed by atoms with van der Waals surface area (Å²) in [6.07, 6.45) is 0.616. The maximum absolute atomic E-state index is 13.2. The highest BCUT2D eigenvalue weighted by Crippen LogP contribution is 2.30. The van der Waals surface area contributed by atoms with Gasteiger partial charge in [-0.25, -0.2) is 8.78 Å². The van der Waals surface area contributed by atoms with E-state index in [9.17, 15) is 13.6 Å². The monoisotopic (exact) mass is 421 g/mol.